The summed E-state index contributed by atoms with van der Waals surface area (Å²) in [6, 6.07) is 21.0. The molecule has 2 aromatic rings. The Morgan fingerprint density at radius 3 is 1.17 bits per heavy atom. The molecule has 1 saturated heterocycles. The van der Waals surface area contributed by atoms with Crippen LogP contribution in [0.5, 0.6) is 0 Å². The van der Waals surface area contributed by atoms with Crippen LogP contribution >= 0.6 is 0 Å². The third-order valence-electron chi connectivity index (χ3n) is 6.50. The molecule has 2 aromatic carbocycles. The molecule has 0 saturated carbocycles. The Balaban J connectivity index is 0.000000530. The van der Waals surface area contributed by atoms with E-state index in [-0.39, 0.29) is 51.0 Å². The fraction of sp³-hybridized carbons (Fsp3) is 0.355. The summed E-state index contributed by atoms with van der Waals surface area (Å²) >= 11 is 0. The van der Waals surface area contributed by atoms with Crippen LogP contribution < -0.4 is 24.8 Å². The van der Waals surface area contributed by atoms with Gasteiger partial charge in [-0.3, -0.25) is 12.2 Å². The van der Waals surface area contributed by atoms with Gasteiger partial charge >= 0.3 is 26.2 Å². The normalized spacial score (nSPS) is 15.0. The summed E-state index contributed by atoms with van der Waals surface area (Å²) in [7, 11) is 0.605. The molecule has 0 N–H and O–H groups in total. The van der Waals surface area contributed by atoms with Gasteiger partial charge in [0.15, 0.2) is 0 Å². The van der Waals surface area contributed by atoms with Crippen LogP contribution in [0.1, 0.15) is 69.2 Å². The molecule has 1 fully saturated rings. The fourth-order valence-corrected chi connectivity index (χ4v) is 4.37. The van der Waals surface area contributed by atoms with E-state index in [0.717, 1.165) is 25.7 Å². The molecule has 1 aliphatic heterocycles. The van der Waals surface area contributed by atoms with Crippen molar-refractivity contribution in [2.24, 2.45) is 0 Å². The largest absolute Gasteiger partial charge is 4.00 e. The second-order valence-corrected chi connectivity index (χ2v) is 10.9. The summed E-state index contributed by atoms with van der Waals surface area (Å²) in [6.07, 6.45) is 16.9. The Kier molecular flexibility index (Phi) is 17.9. The zero-order valence-electron chi connectivity index (χ0n) is 21.7. The standard InChI is InChI=1S/2C14H15.C3H8Si.2ClH.Zr/c2*1-3-12-7-9-13(10-8-12)14-6-4-5-11(14)2;1-2-4-3-1;;;/h2*6-10H,3-4H2,1-2H3;1-4H2;2*1H;/q2*-1;;;;+4/p-2. The zero-order valence-corrected chi connectivity index (χ0v) is 27.1. The van der Waals surface area contributed by atoms with Gasteiger partial charge in [0.05, 0.1) is 0 Å². The van der Waals surface area contributed by atoms with E-state index in [1.165, 1.54) is 44.5 Å². The van der Waals surface area contributed by atoms with Gasteiger partial charge in [0.2, 0.25) is 0 Å². The Hall–Kier alpha value is -0.920. The monoisotopic (exact) mass is 598 g/mol. The second kappa shape index (κ2) is 18.3. The van der Waals surface area contributed by atoms with Gasteiger partial charge in [0, 0.05) is 9.52 Å². The van der Waals surface area contributed by atoms with E-state index in [0.29, 0.717) is 9.52 Å². The smallest absolute Gasteiger partial charge is 1.00 e. The summed E-state index contributed by atoms with van der Waals surface area (Å²) in [5.41, 5.74) is 10.7. The van der Waals surface area contributed by atoms with E-state index in [4.69, 9.17) is 0 Å². The number of halogens is 2. The number of allylic oxidation sites excluding steroid dienone is 8. The number of aryl methyl sites for hydroxylation is 2. The number of benzene rings is 2. The van der Waals surface area contributed by atoms with Crippen molar-refractivity contribution in [2.45, 2.75) is 71.9 Å². The quantitative estimate of drug-likeness (QED) is 0.372. The molecule has 0 atom stereocenters. The SMILES string of the molecule is C1C[SiH2]C1.CCc1ccc(C2=CC[C-]=C2C)cc1.CCc1ccc(C2=CC[C-]=C2C)cc1.[Cl-].[Cl-].[Zr+4]. The van der Waals surface area contributed by atoms with Crippen LogP contribution in [0.3, 0.4) is 0 Å². The van der Waals surface area contributed by atoms with Crippen molar-refractivity contribution < 1.29 is 51.0 Å². The first-order valence-electron chi connectivity index (χ1n) is 12.4. The van der Waals surface area contributed by atoms with Crippen LogP contribution in [0.4, 0.5) is 0 Å². The van der Waals surface area contributed by atoms with E-state index in [9.17, 15) is 0 Å². The molecule has 0 unspecified atom stereocenters. The van der Waals surface area contributed by atoms with Gasteiger partial charge in [-0.1, -0.05) is 94.7 Å². The van der Waals surface area contributed by atoms with Gasteiger partial charge in [-0.2, -0.15) is 23.3 Å². The molecule has 0 bridgehead atoms. The van der Waals surface area contributed by atoms with Crippen molar-refractivity contribution in [1.29, 1.82) is 0 Å². The summed E-state index contributed by atoms with van der Waals surface area (Å²) in [6.45, 7) is 8.63. The van der Waals surface area contributed by atoms with Crippen molar-refractivity contribution in [3.63, 3.8) is 0 Å². The molecule has 5 rings (SSSR count). The van der Waals surface area contributed by atoms with Crippen LogP contribution in [0.25, 0.3) is 11.1 Å². The minimum Gasteiger partial charge on any atom is -1.00 e. The van der Waals surface area contributed by atoms with E-state index >= 15 is 0 Å². The molecular formula is C31H38Cl2SiZr. The van der Waals surface area contributed by atoms with Crippen molar-refractivity contribution in [1.82, 2.24) is 0 Å². The van der Waals surface area contributed by atoms with E-state index in [2.05, 4.69) is 101 Å². The molecule has 0 spiro atoms. The topological polar surface area (TPSA) is 0 Å². The molecular weight excluding hydrogens is 563 g/mol. The van der Waals surface area contributed by atoms with E-state index < -0.39 is 0 Å². The first-order valence-corrected chi connectivity index (χ1v) is 14.4. The predicted octanol–water partition coefficient (Wildman–Crippen LogP) is 1.97. The Morgan fingerprint density at radius 2 is 0.971 bits per heavy atom. The predicted molar refractivity (Wildman–Crippen MR) is 144 cm³/mol. The van der Waals surface area contributed by atoms with Crippen LogP contribution in [0, 0.1) is 12.2 Å². The average molecular weight is 601 g/mol. The van der Waals surface area contributed by atoms with E-state index in [1.807, 2.05) is 0 Å². The molecule has 0 aromatic heterocycles. The first-order chi connectivity index (χ1) is 15.6. The summed E-state index contributed by atoms with van der Waals surface area (Å²) in [4.78, 5) is 0. The molecule has 0 nitrogen and oxygen atoms in total. The molecule has 1 heterocycles. The Bertz CT molecular complexity index is 912. The maximum atomic E-state index is 3.32. The number of hydrogen-bond acceptors (Lipinski definition) is 0. The molecule has 184 valence electrons. The number of rotatable bonds is 4. The van der Waals surface area contributed by atoms with Crippen LogP contribution in [-0.4, -0.2) is 9.52 Å². The molecule has 2 aliphatic carbocycles. The summed E-state index contributed by atoms with van der Waals surface area (Å²) in [5, 5.41) is 0. The van der Waals surface area contributed by atoms with Crippen molar-refractivity contribution in [3.8, 4) is 0 Å². The van der Waals surface area contributed by atoms with Crippen LogP contribution in [0.2, 0.25) is 12.1 Å². The average Bonchev–Trinajstić information content (AvgIpc) is 3.41. The maximum Gasteiger partial charge on any atom is 4.00 e. The first kappa shape index (κ1) is 34.1. The molecule has 4 heteroatoms. The van der Waals surface area contributed by atoms with Crippen molar-refractivity contribution in [3.05, 3.63) is 106 Å². The third-order valence-corrected chi connectivity index (χ3v) is 8.50. The Morgan fingerprint density at radius 1 is 0.657 bits per heavy atom. The van der Waals surface area contributed by atoms with Gasteiger partial charge in [0.1, 0.15) is 0 Å². The second-order valence-electron chi connectivity index (χ2n) is 8.76. The fourth-order valence-electron chi connectivity index (χ4n) is 3.87. The summed E-state index contributed by atoms with van der Waals surface area (Å²) in [5.74, 6) is 0. The summed E-state index contributed by atoms with van der Waals surface area (Å²) < 4.78 is 0. The van der Waals surface area contributed by atoms with Gasteiger partial charge < -0.3 is 24.8 Å². The minimum absolute atomic E-state index is 0. The molecule has 0 radical (unpaired) electrons. The van der Waals surface area contributed by atoms with Crippen LogP contribution in [0.15, 0.2) is 71.8 Å². The third kappa shape index (κ3) is 10.5. The van der Waals surface area contributed by atoms with E-state index in [1.54, 1.807) is 18.5 Å². The van der Waals surface area contributed by atoms with Gasteiger partial charge in [0.25, 0.3) is 0 Å². The van der Waals surface area contributed by atoms with Gasteiger partial charge in [-0.15, -0.1) is 24.0 Å². The van der Waals surface area contributed by atoms with Gasteiger partial charge in [-0.05, 0) is 24.0 Å². The Labute approximate surface area is 248 Å². The zero-order chi connectivity index (χ0) is 22.8. The van der Waals surface area contributed by atoms with Gasteiger partial charge in [-0.25, -0.2) is 11.1 Å². The molecule has 0 amide bonds. The van der Waals surface area contributed by atoms with Crippen LogP contribution in [-0.2, 0) is 39.0 Å². The molecule has 3 aliphatic rings. The van der Waals surface area contributed by atoms with Crippen molar-refractivity contribution >= 4 is 20.7 Å². The maximum absolute atomic E-state index is 3.32. The number of hydrogen-bond donors (Lipinski definition) is 0. The molecule has 35 heavy (non-hydrogen) atoms. The minimum atomic E-state index is 0. The van der Waals surface area contributed by atoms with Crippen molar-refractivity contribution in [2.75, 3.05) is 0 Å².